The highest BCUT2D eigenvalue weighted by molar-refractivity contribution is 7.99. The highest BCUT2D eigenvalue weighted by Gasteiger charge is 2.55. The second kappa shape index (κ2) is 7.19. The summed E-state index contributed by atoms with van der Waals surface area (Å²) in [5.41, 5.74) is 0.292. The number of nitrogens with zero attached hydrogens (tertiary/aromatic N) is 1. The molecule has 144 valence electrons. The molecule has 1 aliphatic carbocycles. The van der Waals surface area contributed by atoms with E-state index in [9.17, 15) is 14.4 Å². The molecule has 1 aromatic rings. The van der Waals surface area contributed by atoms with Crippen LogP contribution >= 0.6 is 11.8 Å². The minimum Gasteiger partial charge on any atom is -0.348 e. The summed E-state index contributed by atoms with van der Waals surface area (Å²) < 4.78 is 0. The normalized spacial score (nSPS) is 30.2. The van der Waals surface area contributed by atoms with Gasteiger partial charge in [0.1, 0.15) is 12.1 Å². The van der Waals surface area contributed by atoms with Crippen molar-refractivity contribution >= 4 is 29.6 Å². The molecule has 3 aliphatic rings. The van der Waals surface area contributed by atoms with Crippen molar-refractivity contribution in [2.24, 2.45) is 5.92 Å². The second-order valence-corrected chi connectivity index (χ2v) is 8.87. The van der Waals surface area contributed by atoms with Crippen molar-refractivity contribution in [1.29, 1.82) is 0 Å². The Balaban J connectivity index is 1.44. The lowest BCUT2D eigenvalue weighted by molar-refractivity contribution is -0.137. The summed E-state index contributed by atoms with van der Waals surface area (Å²) in [5, 5.41) is 5.92. The Kier molecular flexibility index (Phi) is 4.88. The van der Waals surface area contributed by atoms with Crippen molar-refractivity contribution in [3.8, 4) is 0 Å². The summed E-state index contributed by atoms with van der Waals surface area (Å²) in [6.45, 7) is 1.79. The van der Waals surface area contributed by atoms with Gasteiger partial charge in [0.2, 0.25) is 5.91 Å². The van der Waals surface area contributed by atoms with Crippen LogP contribution in [0.3, 0.4) is 0 Å². The van der Waals surface area contributed by atoms with Crippen LogP contribution in [0.4, 0.5) is 4.79 Å². The van der Waals surface area contributed by atoms with Gasteiger partial charge in [0, 0.05) is 10.6 Å². The van der Waals surface area contributed by atoms with Crippen LogP contribution in [0, 0.1) is 5.92 Å². The fraction of sp³-hybridized carbons (Fsp3) is 0.550. The molecule has 3 atom stereocenters. The molecule has 27 heavy (non-hydrogen) atoms. The van der Waals surface area contributed by atoms with Gasteiger partial charge >= 0.3 is 6.03 Å². The molecule has 1 saturated carbocycles. The van der Waals surface area contributed by atoms with Crippen molar-refractivity contribution in [2.75, 3.05) is 12.3 Å². The number of carbonyl (C=O) groups excluding carboxylic acids is 3. The van der Waals surface area contributed by atoms with E-state index in [2.05, 4.69) is 16.7 Å². The number of hydrogen-bond acceptors (Lipinski definition) is 4. The first-order valence-corrected chi connectivity index (χ1v) is 10.6. The van der Waals surface area contributed by atoms with Gasteiger partial charge in [-0.3, -0.25) is 14.5 Å². The molecular weight excluding hydrogens is 362 g/mol. The quantitative estimate of drug-likeness (QED) is 0.782. The number of hydrogen-bond donors (Lipinski definition) is 2. The van der Waals surface area contributed by atoms with Crippen LogP contribution in [-0.4, -0.2) is 40.6 Å². The molecule has 0 bridgehead atoms. The second-order valence-electron chi connectivity index (χ2n) is 7.73. The minimum atomic E-state index is -0.816. The van der Waals surface area contributed by atoms with Crippen LogP contribution in [0.2, 0.25) is 0 Å². The zero-order chi connectivity index (χ0) is 19.0. The summed E-state index contributed by atoms with van der Waals surface area (Å²) >= 11 is 1.79. The number of imide groups is 1. The third-order valence-corrected chi connectivity index (χ3v) is 7.22. The third kappa shape index (κ3) is 3.22. The van der Waals surface area contributed by atoms with Crippen molar-refractivity contribution in [3.05, 3.63) is 29.8 Å². The number of rotatable bonds is 3. The maximum absolute atomic E-state index is 13.0. The first-order chi connectivity index (χ1) is 13.0. The molecule has 2 fully saturated rings. The van der Waals surface area contributed by atoms with E-state index >= 15 is 0 Å². The predicted molar refractivity (Wildman–Crippen MR) is 103 cm³/mol. The van der Waals surface area contributed by atoms with Crippen LogP contribution in [0.25, 0.3) is 0 Å². The van der Waals surface area contributed by atoms with Crippen molar-refractivity contribution in [2.45, 2.75) is 55.5 Å². The standard InChI is InChI=1S/C20H25N3O3S/c1-13-6-4-5-10-20(13)18(25)23(19(26)22-20)12-17(24)21-15-9-11-27-16-8-3-2-7-14(15)16/h2-3,7-8,13,15H,4-6,9-12H2,1H3,(H,21,24)(H,22,26). The first-order valence-electron chi connectivity index (χ1n) is 9.66. The number of carbonyl (C=O) groups is 3. The van der Waals surface area contributed by atoms with Crippen molar-refractivity contribution in [3.63, 3.8) is 0 Å². The van der Waals surface area contributed by atoms with Crippen LogP contribution in [0.15, 0.2) is 29.2 Å². The fourth-order valence-electron chi connectivity index (χ4n) is 4.51. The molecule has 2 heterocycles. The average molecular weight is 388 g/mol. The summed E-state index contributed by atoms with van der Waals surface area (Å²) in [7, 11) is 0. The smallest absolute Gasteiger partial charge is 0.325 e. The van der Waals surface area contributed by atoms with E-state index in [1.165, 1.54) is 4.90 Å². The van der Waals surface area contributed by atoms with E-state index < -0.39 is 11.6 Å². The lowest BCUT2D eigenvalue weighted by Crippen LogP contribution is -2.54. The summed E-state index contributed by atoms with van der Waals surface area (Å²) in [5.74, 6) is 0.504. The van der Waals surface area contributed by atoms with Gasteiger partial charge in [-0.25, -0.2) is 4.79 Å². The largest absolute Gasteiger partial charge is 0.348 e. The Morgan fingerprint density at radius 1 is 1.30 bits per heavy atom. The molecule has 2 N–H and O–H groups in total. The van der Waals surface area contributed by atoms with Gasteiger partial charge in [-0.15, -0.1) is 11.8 Å². The van der Waals surface area contributed by atoms with E-state index in [4.69, 9.17) is 0 Å². The number of urea groups is 1. The van der Waals surface area contributed by atoms with Gasteiger partial charge in [-0.2, -0.15) is 0 Å². The molecule has 1 saturated heterocycles. The molecule has 2 aliphatic heterocycles. The number of fused-ring (bicyclic) bond motifs is 1. The molecule has 1 spiro atoms. The molecule has 6 nitrogen and oxygen atoms in total. The van der Waals surface area contributed by atoms with Gasteiger partial charge < -0.3 is 10.6 Å². The summed E-state index contributed by atoms with van der Waals surface area (Å²) in [6, 6.07) is 7.54. The molecule has 0 radical (unpaired) electrons. The highest BCUT2D eigenvalue weighted by Crippen LogP contribution is 2.38. The number of nitrogens with one attached hydrogen (secondary N) is 2. The third-order valence-electron chi connectivity index (χ3n) is 6.10. The summed E-state index contributed by atoms with van der Waals surface area (Å²) in [6.07, 6.45) is 4.42. The molecule has 4 amide bonds. The Morgan fingerprint density at radius 2 is 2.11 bits per heavy atom. The molecule has 7 heteroatoms. The molecule has 4 rings (SSSR count). The van der Waals surface area contributed by atoms with Crippen molar-refractivity contribution < 1.29 is 14.4 Å². The van der Waals surface area contributed by atoms with Crippen LogP contribution < -0.4 is 10.6 Å². The topological polar surface area (TPSA) is 78.5 Å². The van der Waals surface area contributed by atoms with Gasteiger partial charge in [0.25, 0.3) is 5.91 Å². The van der Waals surface area contributed by atoms with Crippen LogP contribution in [-0.2, 0) is 9.59 Å². The maximum atomic E-state index is 13.0. The number of amides is 4. The molecular formula is C20H25N3O3S. The van der Waals surface area contributed by atoms with E-state index in [0.29, 0.717) is 6.42 Å². The van der Waals surface area contributed by atoms with Gasteiger partial charge in [0.05, 0.1) is 6.04 Å². The lowest BCUT2D eigenvalue weighted by Gasteiger charge is -2.36. The Morgan fingerprint density at radius 3 is 2.93 bits per heavy atom. The summed E-state index contributed by atoms with van der Waals surface area (Å²) in [4.78, 5) is 40.3. The van der Waals surface area contributed by atoms with Gasteiger partial charge in [-0.1, -0.05) is 38.0 Å². The van der Waals surface area contributed by atoms with E-state index in [1.54, 1.807) is 11.8 Å². The van der Waals surface area contributed by atoms with Crippen molar-refractivity contribution in [1.82, 2.24) is 15.5 Å². The van der Waals surface area contributed by atoms with Crippen LogP contribution in [0.1, 0.15) is 50.6 Å². The van der Waals surface area contributed by atoms with Gasteiger partial charge in [0.15, 0.2) is 0 Å². The van der Waals surface area contributed by atoms with E-state index in [1.807, 2.05) is 25.1 Å². The first kappa shape index (κ1) is 18.3. The molecule has 3 unspecified atom stereocenters. The minimum absolute atomic E-state index is 0.0710. The molecule has 0 aromatic heterocycles. The zero-order valence-electron chi connectivity index (χ0n) is 15.5. The predicted octanol–water partition coefficient (Wildman–Crippen LogP) is 2.84. The Bertz CT molecular complexity index is 783. The monoisotopic (exact) mass is 387 g/mol. The van der Waals surface area contributed by atoms with E-state index in [-0.39, 0.29) is 30.3 Å². The van der Waals surface area contributed by atoms with Gasteiger partial charge in [-0.05, 0) is 36.8 Å². The number of benzene rings is 1. The Labute approximate surface area is 163 Å². The number of thioether (sulfide) groups is 1. The highest BCUT2D eigenvalue weighted by atomic mass is 32.2. The van der Waals surface area contributed by atoms with Crippen LogP contribution in [0.5, 0.6) is 0 Å². The fourth-order valence-corrected chi connectivity index (χ4v) is 5.64. The molecule has 1 aromatic carbocycles. The average Bonchev–Trinajstić information content (AvgIpc) is 2.89. The zero-order valence-corrected chi connectivity index (χ0v) is 16.3. The lowest BCUT2D eigenvalue weighted by atomic mass is 9.73. The van der Waals surface area contributed by atoms with E-state index in [0.717, 1.165) is 41.9 Å². The maximum Gasteiger partial charge on any atom is 0.325 e. The Hall–Kier alpha value is -2.02. The SMILES string of the molecule is CC1CCCCC12NC(=O)N(CC(=O)NC1CCSc3ccccc31)C2=O.